The second kappa shape index (κ2) is 3.30. The molecule has 0 bridgehead atoms. The maximum atomic E-state index is 12.3. The van der Waals surface area contributed by atoms with Gasteiger partial charge in [-0.2, -0.15) is 4.98 Å². The molecule has 0 atom stereocenters. The molecule has 2 aromatic rings. The van der Waals surface area contributed by atoms with Crippen molar-refractivity contribution in [2.75, 3.05) is 0 Å². The molecule has 2 aromatic heterocycles. The van der Waals surface area contributed by atoms with E-state index >= 15 is 0 Å². The average molecular weight is 234 g/mol. The van der Waals surface area contributed by atoms with Crippen LogP contribution >= 0.6 is 11.6 Å². The molecule has 0 aromatic carbocycles. The van der Waals surface area contributed by atoms with Crippen LogP contribution in [0.1, 0.15) is 17.8 Å². The summed E-state index contributed by atoms with van der Waals surface area (Å²) >= 11 is 5.74. The van der Waals surface area contributed by atoms with Crippen LogP contribution in [0.5, 0.6) is 5.88 Å². The Morgan fingerprint density at radius 2 is 2.20 bits per heavy atom. The predicted molar refractivity (Wildman–Crippen MR) is 49.4 cm³/mol. The van der Waals surface area contributed by atoms with Gasteiger partial charge in [0.2, 0.25) is 11.7 Å². The lowest BCUT2D eigenvalue weighted by Crippen LogP contribution is -2.02. The van der Waals surface area contributed by atoms with E-state index in [0.717, 1.165) is 4.52 Å². The number of fused-ring (bicyclic) bond motifs is 1. The van der Waals surface area contributed by atoms with Gasteiger partial charge in [-0.3, -0.25) is 0 Å². The smallest absolute Gasteiger partial charge is 0.299 e. The minimum atomic E-state index is -2.85. The molecule has 15 heavy (non-hydrogen) atoms. The van der Waals surface area contributed by atoms with Gasteiger partial charge in [-0.1, -0.05) is 11.6 Å². The largest absolute Gasteiger partial charge is 0.492 e. The number of hydrogen-bond acceptors (Lipinski definition) is 3. The van der Waals surface area contributed by atoms with Crippen LogP contribution in [0.3, 0.4) is 0 Å². The highest BCUT2D eigenvalue weighted by Crippen LogP contribution is 2.27. The van der Waals surface area contributed by atoms with Gasteiger partial charge >= 0.3 is 0 Å². The molecule has 80 valence electrons. The van der Waals surface area contributed by atoms with Crippen LogP contribution in [0.2, 0.25) is 5.15 Å². The molecule has 0 aliphatic heterocycles. The lowest BCUT2D eigenvalue weighted by atomic mass is 10.3. The van der Waals surface area contributed by atoms with Gasteiger partial charge in [-0.05, 0) is 18.6 Å². The van der Waals surface area contributed by atoms with Crippen molar-refractivity contribution in [3.63, 3.8) is 0 Å². The first-order chi connectivity index (χ1) is 7.00. The first-order valence-corrected chi connectivity index (χ1v) is 4.41. The summed E-state index contributed by atoms with van der Waals surface area (Å²) in [7, 11) is 0. The Bertz CT molecular complexity index is 526. The SMILES string of the molecule is Cc1cc(Cl)n2nc(C(F)F)nc(O)c12. The maximum Gasteiger partial charge on any atom is 0.299 e. The van der Waals surface area contributed by atoms with Crippen molar-refractivity contribution in [2.45, 2.75) is 13.3 Å². The number of nitrogens with zero attached hydrogens (tertiary/aromatic N) is 3. The van der Waals surface area contributed by atoms with Crippen LogP contribution in [0.15, 0.2) is 6.07 Å². The van der Waals surface area contributed by atoms with E-state index < -0.39 is 18.1 Å². The van der Waals surface area contributed by atoms with Gasteiger partial charge in [0.25, 0.3) is 6.43 Å². The molecule has 4 nitrogen and oxygen atoms in total. The van der Waals surface area contributed by atoms with E-state index in [1.807, 2.05) is 0 Å². The molecule has 1 N–H and O–H groups in total. The summed E-state index contributed by atoms with van der Waals surface area (Å²) < 4.78 is 25.7. The maximum absolute atomic E-state index is 12.3. The summed E-state index contributed by atoms with van der Waals surface area (Å²) in [5.41, 5.74) is 0.864. The Labute approximate surface area is 88.1 Å². The van der Waals surface area contributed by atoms with E-state index in [9.17, 15) is 13.9 Å². The van der Waals surface area contributed by atoms with E-state index in [2.05, 4.69) is 10.1 Å². The fourth-order valence-electron chi connectivity index (χ4n) is 1.33. The molecule has 0 amide bonds. The monoisotopic (exact) mass is 233 g/mol. The van der Waals surface area contributed by atoms with Gasteiger partial charge < -0.3 is 5.11 Å². The molecule has 0 saturated heterocycles. The summed E-state index contributed by atoms with van der Waals surface area (Å²) in [5.74, 6) is -1.25. The third-order valence-corrected chi connectivity index (χ3v) is 2.22. The topological polar surface area (TPSA) is 50.4 Å². The number of aryl methyl sites for hydroxylation is 1. The van der Waals surface area contributed by atoms with Crippen molar-refractivity contribution in [1.82, 2.24) is 14.6 Å². The molecule has 2 heterocycles. The van der Waals surface area contributed by atoms with E-state index in [1.165, 1.54) is 6.07 Å². The Kier molecular flexibility index (Phi) is 2.22. The van der Waals surface area contributed by atoms with Gasteiger partial charge in [0.15, 0.2) is 0 Å². The summed E-state index contributed by atoms with van der Waals surface area (Å²) in [6.07, 6.45) is -2.85. The van der Waals surface area contributed by atoms with Gasteiger partial charge in [-0.15, -0.1) is 5.10 Å². The molecule has 2 rings (SSSR count). The zero-order valence-corrected chi connectivity index (χ0v) is 8.33. The fraction of sp³-hybridized carbons (Fsp3) is 0.250. The fourth-order valence-corrected chi connectivity index (χ4v) is 1.62. The third kappa shape index (κ3) is 1.50. The summed E-state index contributed by atoms with van der Waals surface area (Å²) in [6.45, 7) is 1.67. The van der Waals surface area contributed by atoms with E-state index in [1.54, 1.807) is 6.92 Å². The van der Waals surface area contributed by atoms with Crippen LogP contribution in [0, 0.1) is 6.92 Å². The summed E-state index contributed by atoms with van der Waals surface area (Å²) in [5, 5.41) is 13.1. The minimum Gasteiger partial charge on any atom is -0.492 e. The second-order valence-electron chi connectivity index (χ2n) is 3.00. The standard InChI is InChI=1S/C8H6ClF2N3O/c1-3-2-4(9)14-5(3)8(15)12-7(13-14)6(10)11/h2,6H,1H3,(H,12,13,15). The number of halogens is 3. The van der Waals surface area contributed by atoms with Crippen LogP contribution in [-0.4, -0.2) is 19.7 Å². The zero-order chi connectivity index (χ0) is 11.2. The second-order valence-corrected chi connectivity index (χ2v) is 3.39. The van der Waals surface area contributed by atoms with Crippen molar-refractivity contribution in [2.24, 2.45) is 0 Å². The number of aromatic hydroxyl groups is 1. The van der Waals surface area contributed by atoms with Crippen LogP contribution in [0.4, 0.5) is 8.78 Å². The molecule has 0 saturated carbocycles. The van der Waals surface area contributed by atoms with Crippen molar-refractivity contribution in [1.29, 1.82) is 0 Å². The van der Waals surface area contributed by atoms with Crippen molar-refractivity contribution >= 4 is 17.1 Å². The van der Waals surface area contributed by atoms with Gasteiger partial charge in [0, 0.05) is 0 Å². The molecule has 0 aliphatic rings. The molecular weight excluding hydrogens is 228 g/mol. The summed E-state index contributed by atoms with van der Waals surface area (Å²) in [4.78, 5) is 3.29. The summed E-state index contributed by atoms with van der Waals surface area (Å²) in [6, 6.07) is 1.51. The zero-order valence-electron chi connectivity index (χ0n) is 7.58. The quantitative estimate of drug-likeness (QED) is 0.823. The molecule has 0 fully saturated rings. The average Bonchev–Trinajstić information content (AvgIpc) is 2.42. The molecule has 0 aliphatic carbocycles. The number of rotatable bonds is 1. The Morgan fingerprint density at radius 1 is 1.53 bits per heavy atom. The highest BCUT2D eigenvalue weighted by molar-refractivity contribution is 6.30. The normalized spacial score (nSPS) is 11.5. The Hall–Kier alpha value is -1.43. The molecule has 0 unspecified atom stereocenters. The van der Waals surface area contributed by atoms with Crippen molar-refractivity contribution in [3.05, 3.63) is 22.6 Å². The van der Waals surface area contributed by atoms with Crippen molar-refractivity contribution in [3.8, 4) is 5.88 Å². The molecular formula is C8H6ClF2N3O. The van der Waals surface area contributed by atoms with Gasteiger partial charge in [-0.25, -0.2) is 13.3 Å². The minimum absolute atomic E-state index is 0.155. The molecule has 0 radical (unpaired) electrons. The van der Waals surface area contributed by atoms with Gasteiger partial charge in [0.1, 0.15) is 10.7 Å². The van der Waals surface area contributed by atoms with E-state index in [0.29, 0.717) is 5.56 Å². The van der Waals surface area contributed by atoms with Gasteiger partial charge in [0.05, 0.1) is 0 Å². The Morgan fingerprint density at radius 3 is 2.80 bits per heavy atom. The molecule has 7 heteroatoms. The van der Waals surface area contributed by atoms with E-state index in [4.69, 9.17) is 11.6 Å². The number of hydrogen-bond donors (Lipinski definition) is 1. The first kappa shape index (κ1) is 10.1. The lowest BCUT2D eigenvalue weighted by Gasteiger charge is -2.02. The number of aromatic nitrogens is 3. The number of alkyl halides is 2. The Balaban J connectivity index is 2.81. The third-order valence-electron chi connectivity index (χ3n) is 1.95. The highest BCUT2D eigenvalue weighted by atomic mass is 35.5. The lowest BCUT2D eigenvalue weighted by molar-refractivity contribution is 0.137. The van der Waals surface area contributed by atoms with Crippen LogP contribution in [-0.2, 0) is 0 Å². The first-order valence-electron chi connectivity index (χ1n) is 4.03. The van der Waals surface area contributed by atoms with Crippen LogP contribution in [0.25, 0.3) is 5.52 Å². The van der Waals surface area contributed by atoms with Crippen LogP contribution < -0.4 is 0 Å². The van der Waals surface area contributed by atoms with E-state index in [-0.39, 0.29) is 10.7 Å². The van der Waals surface area contributed by atoms with Crippen molar-refractivity contribution < 1.29 is 13.9 Å². The molecule has 0 spiro atoms. The highest BCUT2D eigenvalue weighted by Gasteiger charge is 2.18. The predicted octanol–water partition coefficient (Wildman–Crippen LogP) is 2.33.